The first kappa shape index (κ1) is 21.9. The molecule has 0 spiro atoms. The number of hydrogen-bond acceptors (Lipinski definition) is 3. The van der Waals surface area contributed by atoms with E-state index in [0.29, 0.717) is 11.3 Å². The summed E-state index contributed by atoms with van der Waals surface area (Å²) in [6.07, 6.45) is 0.194. The van der Waals surface area contributed by atoms with Crippen molar-refractivity contribution in [2.24, 2.45) is 5.10 Å². The number of rotatable bonds is 6. The monoisotopic (exact) mass is 359 g/mol. The lowest BCUT2D eigenvalue weighted by Crippen LogP contribution is -2.42. The molecule has 0 aliphatic rings. The zero-order chi connectivity index (χ0) is 20.1. The van der Waals surface area contributed by atoms with Crippen LogP contribution in [0.5, 0.6) is 0 Å². The molecule has 0 aliphatic heterocycles. The summed E-state index contributed by atoms with van der Waals surface area (Å²) < 4.78 is 0. The number of nitrogens with one attached hydrogen (secondary N) is 1. The van der Waals surface area contributed by atoms with Gasteiger partial charge >= 0.3 is 0 Å². The van der Waals surface area contributed by atoms with Crippen LogP contribution in [0.1, 0.15) is 77.7 Å². The molecule has 0 heterocycles. The summed E-state index contributed by atoms with van der Waals surface area (Å²) >= 11 is 0. The first-order valence-corrected chi connectivity index (χ1v) is 9.18. The molecule has 0 unspecified atom stereocenters. The van der Waals surface area contributed by atoms with Gasteiger partial charge in [-0.05, 0) is 57.7 Å². The molecule has 5 nitrogen and oxygen atoms in total. The molecular formula is C21H33N3O2. The first-order valence-electron chi connectivity index (χ1n) is 9.18. The van der Waals surface area contributed by atoms with Crippen LogP contribution in [0, 0.1) is 0 Å². The molecule has 0 saturated heterocycles. The minimum absolute atomic E-state index is 0.0139. The molecule has 1 rings (SSSR count). The van der Waals surface area contributed by atoms with E-state index in [0.717, 1.165) is 0 Å². The molecule has 0 bridgehead atoms. The third-order valence-electron chi connectivity index (χ3n) is 4.17. The normalized spacial score (nSPS) is 12.5. The fraction of sp³-hybridized carbons (Fsp3) is 0.571. The van der Waals surface area contributed by atoms with E-state index in [9.17, 15) is 9.59 Å². The van der Waals surface area contributed by atoms with Gasteiger partial charge in [-0.2, -0.15) is 5.10 Å². The van der Waals surface area contributed by atoms with Crippen LogP contribution in [0.4, 0.5) is 0 Å². The Hall–Kier alpha value is -2.17. The van der Waals surface area contributed by atoms with Gasteiger partial charge in [0.15, 0.2) is 0 Å². The summed E-state index contributed by atoms with van der Waals surface area (Å²) in [6, 6.07) is 7.77. The minimum Gasteiger partial charge on any atom is -0.338 e. The van der Waals surface area contributed by atoms with Crippen molar-refractivity contribution in [3.05, 3.63) is 35.4 Å². The molecule has 5 heteroatoms. The highest BCUT2D eigenvalue weighted by Crippen LogP contribution is 2.22. The zero-order valence-corrected chi connectivity index (χ0v) is 17.4. The first-order chi connectivity index (χ1) is 11.9. The second-order valence-electron chi connectivity index (χ2n) is 8.28. The van der Waals surface area contributed by atoms with Crippen LogP contribution in [-0.4, -0.2) is 34.5 Å². The van der Waals surface area contributed by atoms with Gasteiger partial charge in [-0.25, -0.2) is 5.43 Å². The average Bonchev–Trinajstić information content (AvgIpc) is 2.51. The summed E-state index contributed by atoms with van der Waals surface area (Å²) in [5.74, 6) is -0.262. The van der Waals surface area contributed by atoms with Crippen LogP contribution >= 0.6 is 0 Å². The number of hydrogen-bond donors (Lipinski definition) is 1. The lowest BCUT2D eigenvalue weighted by Gasteiger charge is -2.30. The van der Waals surface area contributed by atoms with Crippen LogP contribution in [0.15, 0.2) is 29.4 Å². The van der Waals surface area contributed by atoms with Crippen molar-refractivity contribution in [2.45, 2.75) is 79.3 Å². The molecule has 144 valence electrons. The Morgan fingerprint density at radius 3 is 1.96 bits per heavy atom. The molecule has 0 atom stereocenters. The molecule has 0 fully saturated rings. The van der Waals surface area contributed by atoms with Crippen molar-refractivity contribution in [3.8, 4) is 0 Å². The van der Waals surface area contributed by atoms with E-state index in [1.54, 1.807) is 19.1 Å². The molecule has 0 aromatic heterocycles. The SMILES string of the molecule is C/C(CC(=O)N(C(C)C)C(C)C)=N/NC(=O)c1ccc(C(C)(C)C)cc1. The smallest absolute Gasteiger partial charge is 0.271 e. The number of nitrogens with zero attached hydrogens (tertiary/aromatic N) is 2. The van der Waals surface area contributed by atoms with Gasteiger partial charge in [0.2, 0.25) is 5.91 Å². The highest BCUT2D eigenvalue weighted by molar-refractivity contribution is 6.01. The van der Waals surface area contributed by atoms with Crippen LogP contribution in [-0.2, 0) is 10.2 Å². The molecule has 0 radical (unpaired) electrons. The minimum atomic E-state index is -0.276. The Kier molecular flexibility index (Phi) is 7.54. The lowest BCUT2D eigenvalue weighted by molar-refractivity contribution is -0.133. The van der Waals surface area contributed by atoms with Gasteiger partial charge in [-0.3, -0.25) is 9.59 Å². The van der Waals surface area contributed by atoms with Gasteiger partial charge in [0.25, 0.3) is 5.91 Å². The van der Waals surface area contributed by atoms with E-state index in [-0.39, 0.29) is 35.7 Å². The van der Waals surface area contributed by atoms with Crippen molar-refractivity contribution < 1.29 is 9.59 Å². The third kappa shape index (κ3) is 6.28. The van der Waals surface area contributed by atoms with Crippen LogP contribution < -0.4 is 5.43 Å². The van der Waals surface area contributed by atoms with Crippen molar-refractivity contribution in [1.82, 2.24) is 10.3 Å². The lowest BCUT2D eigenvalue weighted by atomic mass is 9.87. The Morgan fingerprint density at radius 2 is 1.54 bits per heavy atom. The van der Waals surface area contributed by atoms with Gasteiger partial charge in [0.1, 0.15) is 0 Å². The maximum Gasteiger partial charge on any atom is 0.271 e. The topological polar surface area (TPSA) is 61.8 Å². The number of benzene rings is 1. The third-order valence-corrected chi connectivity index (χ3v) is 4.17. The van der Waals surface area contributed by atoms with E-state index in [4.69, 9.17) is 0 Å². The second-order valence-corrected chi connectivity index (χ2v) is 8.28. The number of carbonyl (C=O) groups is 2. The van der Waals surface area contributed by atoms with Crippen LogP contribution in [0.2, 0.25) is 0 Å². The summed E-state index contributed by atoms with van der Waals surface area (Å²) in [5.41, 5.74) is 4.88. The molecule has 0 saturated carbocycles. The van der Waals surface area contributed by atoms with E-state index < -0.39 is 0 Å². The molecule has 2 amide bonds. The predicted molar refractivity (Wildman–Crippen MR) is 107 cm³/mol. The maximum absolute atomic E-state index is 12.4. The van der Waals surface area contributed by atoms with Crippen LogP contribution in [0.3, 0.4) is 0 Å². The van der Waals surface area contributed by atoms with Gasteiger partial charge < -0.3 is 4.90 Å². The zero-order valence-electron chi connectivity index (χ0n) is 17.4. The number of amides is 2. The van der Waals surface area contributed by atoms with E-state index in [1.807, 2.05) is 44.7 Å². The standard InChI is InChI=1S/C21H33N3O2/c1-14(2)24(15(3)4)19(25)13-16(5)22-23-20(26)17-9-11-18(12-10-17)21(6,7)8/h9-12,14-15H,13H2,1-8H3,(H,23,26)/b22-16-. The van der Waals surface area contributed by atoms with Crippen molar-refractivity contribution in [1.29, 1.82) is 0 Å². The molecule has 1 aromatic rings. The van der Waals surface area contributed by atoms with Gasteiger partial charge in [-0.15, -0.1) is 0 Å². The fourth-order valence-electron chi connectivity index (χ4n) is 2.85. The van der Waals surface area contributed by atoms with E-state index in [1.165, 1.54) is 5.56 Å². The molecule has 1 N–H and O–H groups in total. The maximum atomic E-state index is 12.4. The second kappa shape index (κ2) is 8.97. The quantitative estimate of drug-likeness (QED) is 0.613. The highest BCUT2D eigenvalue weighted by Gasteiger charge is 2.20. The Bertz CT molecular complexity index is 645. The highest BCUT2D eigenvalue weighted by atomic mass is 16.2. The molecule has 1 aromatic carbocycles. The van der Waals surface area contributed by atoms with Crippen molar-refractivity contribution >= 4 is 17.5 Å². The van der Waals surface area contributed by atoms with Gasteiger partial charge in [0, 0.05) is 23.4 Å². The predicted octanol–water partition coefficient (Wildman–Crippen LogP) is 4.13. The number of carbonyl (C=O) groups excluding carboxylic acids is 2. The Balaban J connectivity index is 2.71. The summed E-state index contributed by atoms with van der Waals surface area (Å²) in [6.45, 7) is 16.1. The average molecular weight is 360 g/mol. The largest absolute Gasteiger partial charge is 0.338 e. The number of hydrazone groups is 1. The van der Waals surface area contributed by atoms with Crippen molar-refractivity contribution in [3.63, 3.8) is 0 Å². The van der Waals surface area contributed by atoms with E-state index >= 15 is 0 Å². The Labute approximate surface area is 157 Å². The molecular weight excluding hydrogens is 326 g/mol. The summed E-state index contributed by atoms with van der Waals surface area (Å²) in [4.78, 5) is 26.5. The van der Waals surface area contributed by atoms with Crippen LogP contribution in [0.25, 0.3) is 0 Å². The van der Waals surface area contributed by atoms with E-state index in [2.05, 4.69) is 31.3 Å². The van der Waals surface area contributed by atoms with Crippen molar-refractivity contribution in [2.75, 3.05) is 0 Å². The van der Waals surface area contributed by atoms with Gasteiger partial charge in [-0.1, -0.05) is 32.9 Å². The molecule has 0 aliphatic carbocycles. The summed E-state index contributed by atoms with van der Waals surface area (Å²) in [5, 5.41) is 4.08. The summed E-state index contributed by atoms with van der Waals surface area (Å²) in [7, 11) is 0. The van der Waals surface area contributed by atoms with Gasteiger partial charge in [0.05, 0.1) is 6.42 Å². The Morgan fingerprint density at radius 1 is 1.04 bits per heavy atom. The molecule has 26 heavy (non-hydrogen) atoms. The fourth-order valence-corrected chi connectivity index (χ4v) is 2.85.